The Kier molecular flexibility index (Phi) is 6.45. The molecular weight excluding hydrogens is 410 g/mol. The summed E-state index contributed by atoms with van der Waals surface area (Å²) in [6.45, 7) is 9.06. The van der Waals surface area contributed by atoms with Crippen molar-refractivity contribution < 1.29 is 27.9 Å². The van der Waals surface area contributed by atoms with Crippen LogP contribution in [-0.4, -0.2) is 68.9 Å². The van der Waals surface area contributed by atoms with E-state index in [1.165, 1.54) is 7.11 Å². The zero-order valence-corrected chi connectivity index (χ0v) is 18.9. The minimum absolute atomic E-state index is 0.131. The van der Waals surface area contributed by atoms with Crippen LogP contribution in [0.5, 0.6) is 5.75 Å². The van der Waals surface area contributed by atoms with Crippen LogP contribution in [0.15, 0.2) is 17.0 Å². The highest BCUT2D eigenvalue weighted by Gasteiger charge is 2.48. The van der Waals surface area contributed by atoms with Crippen molar-refractivity contribution in [2.24, 2.45) is 5.41 Å². The number of aliphatic carboxylic acids is 1. The first-order valence-electron chi connectivity index (χ1n) is 9.99. The van der Waals surface area contributed by atoms with Crippen LogP contribution < -0.4 is 15.4 Å². The lowest BCUT2D eigenvalue weighted by atomic mass is 9.79. The number of piperidine rings is 1. The quantitative estimate of drug-likeness (QED) is 0.595. The number of carboxylic acid groups (broad SMARTS) is 1. The molecule has 3 unspecified atom stereocenters. The van der Waals surface area contributed by atoms with E-state index in [-0.39, 0.29) is 22.1 Å². The van der Waals surface area contributed by atoms with Gasteiger partial charge in [-0.15, -0.1) is 0 Å². The van der Waals surface area contributed by atoms with E-state index in [0.717, 1.165) is 19.5 Å². The number of sulfone groups is 1. The second-order valence-corrected chi connectivity index (χ2v) is 10.7. The standard InChI is InChI=1S/C20H31N3O6S/c1-12-8-14(28-5)9-13(2)17(12)30(26,27)10-16-22-18(19(24)25)29-23(16)15-6-7-21-11-20(15,3)4/h8-9,15-16,18,21-22H,6-7,10-11H2,1-5H3,(H,24,25). The van der Waals surface area contributed by atoms with Gasteiger partial charge in [-0.1, -0.05) is 13.8 Å². The van der Waals surface area contributed by atoms with Gasteiger partial charge in [0.15, 0.2) is 9.84 Å². The largest absolute Gasteiger partial charge is 0.497 e. The van der Waals surface area contributed by atoms with E-state index in [1.54, 1.807) is 31.0 Å². The number of ether oxygens (including phenoxy) is 1. The molecule has 0 aliphatic carbocycles. The Morgan fingerprint density at radius 3 is 2.50 bits per heavy atom. The first kappa shape index (κ1) is 23.0. The predicted molar refractivity (Wildman–Crippen MR) is 111 cm³/mol. The van der Waals surface area contributed by atoms with Crippen molar-refractivity contribution in [1.82, 2.24) is 15.7 Å². The lowest BCUT2D eigenvalue weighted by Gasteiger charge is -2.44. The number of aryl methyl sites for hydroxylation is 2. The average Bonchev–Trinajstić information content (AvgIpc) is 3.03. The molecule has 0 saturated carbocycles. The van der Waals surface area contributed by atoms with Crippen molar-refractivity contribution in [3.05, 3.63) is 23.3 Å². The normalized spacial score (nSPS) is 27.2. The summed E-state index contributed by atoms with van der Waals surface area (Å²) in [6, 6.07) is 3.24. The maximum absolute atomic E-state index is 13.4. The molecule has 1 aromatic rings. The van der Waals surface area contributed by atoms with Crippen molar-refractivity contribution in [3.8, 4) is 5.75 Å². The summed E-state index contributed by atoms with van der Waals surface area (Å²) in [5, 5.41) is 17.2. The number of nitrogens with one attached hydrogen (secondary N) is 2. The van der Waals surface area contributed by atoms with Crippen molar-refractivity contribution in [3.63, 3.8) is 0 Å². The maximum Gasteiger partial charge on any atom is 0.350 e. The average molecular weight is 442 g/mol. The SMILES string of the molecule is COc1cc(C)c(S(=O)(=O)CC2NC(C(=O)O)ON2C2CCNCC2(C)C)c(C)c1. The van der Waals surface area contributed by atoms with E-state index in [4.69, 9.17) is 9.57 Å². The lowest BCUT2D eigenvalue weighted by Crippen LogP contribution is -2.57. The molecule has 0 amide bonds. The second-order valence-electron chi connectivity index (χ2n) is 8.71. The van der Waals surface area contributed by atoms with Gasteiger partial charge in [0.2, 0.25) is 6.23 Å². The summed E-state index contributed by atoms with van der Waals surface area (Å²) >= 11 is 0. The molecule has 2 aliphatic heterocycles. The van der Waals surface area contributed by atoms with Crippen LogP contribution in [0.1, 0.15) is 31.4 Å². The molecule has 0 aromatic heterocycles. The van der Waals surface area contributed by atoms with Gasteiger partial charge in [-0.3, -0.25) is 10.2 Å². The first-order chi connectivity index (χ1) is 14.0. The monoisotopic (exact) mass is 441 g/mol. The van der Waals surface area contributed by atoms with Crippen LogP contribution in [0.3, 0.4) is 0 Å². The van der Waals surface area contributed by atoms with Crippen LogP contribution in [0, 0.1) is 19.3 Å². The number of hydrogen-bond donors (Lipinski definition) is 3. The van der Waals surface area contributed by atoms with E-state index < -0.39 is 28.2 Å². The molecule has 9 nitrogen and oxygen atoms in total. The fourth-order valence-electron chi connectivity index (χ4n) is 4.44. The number of nitrogens with zero attached hydrogens (tertiary/aromatic N) is 1. The zero-order chi connectivity index (χ0) is 22.3. The molecule has 2 fully saturated rings. The minimum atomic E-state index is -3.74. The van der Waals surface area contributed by atoms with Crippen molar-refractivity contribution in [1.29, 1.82) is 0 Å². The van der Waals surface area contributed by atoms with E-state index in [2.05, 4.69) is 24.5 Å². The fourth-order valence-corrected chi connectivity index (χ4v) is 6.37. The zero-order valence-electron chi connectivity index (χ0n) is 18.1. The Hall–Kier alpha value is -1.72. The summed E-state index contributed by atoms with van der Waals surface area (Å²) in [5.74, 6) is -0.885. The van der Waals surface area contributed by atoms with Gasteiger partial charge in [-0.05, 0) is 55.5 Å². The number of hydrogen-bond acceptors (Lipinski definition) is 8. The van der Waals surface area contributed by atoms with Gasteiger partial charge >= 0.3 is 5.97 Å². The van der Waals surface area contributed by atoms with E-state index >= 15 is 0 Å². The Bertz CT molecular complexity index is 894. The highest BCUT2D eigenvalue weighted by Crippen LogP contribution is 2.34. The Morgan fingerprint density at radius 2 is 1.97 bits per heavy atom. The highest BCUT2D eigenvalue weighted by atomic mass is 32.2. The Balaban J connectivity index is 1.93. The molecular formula is C20H31N3O6S. The third kappa shape index (κ3) is 4.47. The molecule has 3 rings (SSSR count). The van der Waals surface area contributed by atoms with Crippen molar-refractivity contribution in [2.45, 2.75) is 57.4 Å². The molecule has 2 aliphatic rings. The molecule has 3 atom stereocenters. The van der Waals surface area contributed by atoms with Gasteiger partial charge in [0.1, 0.15) is 11.9 Å². The minimum Gasteiger partial charge on any atom is -0.497 e. The maximum atomic E-state index is 13.4. The van der Waals surface area contributed by atoms with Gasteiger partial charge < -0.3 is 15.2 Å². The number of methoxy groups -OCH3 is 1. The third-order valence-corrected chi connectivity index (χ3v) is 7.87. The van der Waals surface area contributed by atoms with Crippen molar-refractivity contribution in [2.75, 3.05) is 26.0 Å². The van der Waals surface area contributed by atoms with Gasteiger partial charge in [-0.25, -0.2) is 13.2 Å². The summed E-state index contributed by atoms with van der Waals surface area (Å²) in [6.07, 6.45) is -1.34. The third-order valence-electron chi connectivity index (χ3n) is 5.84. The highest BCUT2D eigenvalue weighted by molar-refractivity contribution is 7.91. The van der Waals surface area contributed by atoms with Gasteiger partial charge in [0.05, 0.1) is 17.8 Å². The summed E-state index contributed by atoms with van der Waals surface area (Å²) in [5.41, 5.74) is 0.963. The van der Waals surface area contributed by atoms with Gasteiger partial charge in [0.25, 0.3) is 0 Å². The van der Waals surface area contributed by atoms with Crippen LogP contribution in [0.4, 0.5) is 0 Å². The smallest absolute Gasteiger partial charge is 0.350 e. The summed E-state index contributed by atoms with van der Waals surface area (Å²) in [7, 11) is -2.20. The van der Waals surface area contributed by atoms with E-state index in [1.807, 2.05) is 0 Å². The lowest BCUT2D eigenvalue weighted by molar-refractivity contribution is -0.218. The van der Waals surface area contributed by atoms with Gasteiger partial charge in [0, 0.05) is 12.6 Å². The number of hydroxylamine groups is 2. The Labute approximate surface area is 177 Å². The number of carboxylic acids is 1. The Morgan fingerprint density at radius 1 is 1.33 bits per heavy atom. The van der Waals surface area contributed by atoms with Crippen LogP contribution in [0.2, 0.25) is 0 Å². The second kappa shape index (κ2) is 8.43. The summed E-state index contributed by atoms with van der Waals surface area (Å²) < 4.78 is 32.0. The molecule has 10 heteroatoms. The number of benzene rings is 1. The molecule has 1 aromatic carbocycles. The molecule has 168 valence electrons. The molecule has 30 heavy (non-hydrogen) atoms. The predicted octanol–water partition coefficient (Wildman–Crippen LogP) is 1.05. The summed E-state index contributed by atoms with van der Waals surface area (Å²) in [4.78, 5) is 17.5. The van der Waals surface area contributed by atoms with Gasteiger partial charge in [-0.2, -0.15) is 5.06 Å². The number of carbonyl (C=O) groups is 1. The topological polar surface area (TPSA) is 117 Å². The van der Waals surface area contributed by atoms with Crippen LogP contribution >= 0.6 is 0 Å². The van der Waals surface area contributed by atoms with Crippen molar-refractivity contribution >= 4 is 15.8 Å². The molecule has 3 N–H and O–H groups in total. The molecule has 2 saturated heterocycles. The van der Waals surface area contributed by atoms with Crippen LogP contribution in [-0.2, 0) is 19.5 Å². The van der Waals surface area contributed by atoms with E-state index in [9.17, 15) is 18.3 Å². The fraction of sp³-hybridized carbons (Fsp3) is 0.650. The molecule has 0 spiro atoms. The molecule has 0 bridgehead atoms. The first-order valence-corrected chi connectivity index (χ1v) is 11.6. The molecule has 2 heterocycles. The van der Waals surface area contributed by atoms with Crippen LogP contribution in [0.25, 0.3) is 0 Å². The van der Waals surface area contributed by atoms with E-state index in [0.29, 0.717) is 16.9 Å². The number of rotatable bonds is 6. The molecule has 0 radical (unpaired) electrons.